The molecule has 0 unspecified atom stereocenters. The highest BCUT2D eigenvalue weighted by Crippen LogP contribution is 2.43. The molecule has 6 rings (SSSR count). The first-order valence-electron chi connectivity index (χ1n) is 11.6. The highest BCUT2D eigenvalue weighted by molar-refractivity contribution is 6.20. The van der Waals surface area contributed by atoms with E-state index in [1.165, 1.54) is 17.4 Å². The van der Waals surface area contributed by atoms with Crippen molar-refractivity contribution in [1.82, 2.24) is 24.6 Å². The van der Waals surface area contributed by atoms with Crippen LogP contribution >= 0.6 is 0 Å². The van der Waals surface area contributed by atoms with Gasteiger partial charge in [-0.15, -0.1) is 0 Å². The normalized spacial score (nSPS) is 16.1. The van der Waals surface area contributed by atoms with E-state index in [4.69, 9.17) is 15.6 Å². The van der Waals surface area contributed by atoms with Crippen molar-refractivity contribution >= 4 is 28.7 Å². The fourth-order valence-electron chi connectivity index (χ4n) is 4.82. The first-order valence-corrected chi connectivity index (χ1v) is 11.6. The molecule has 1 aliphatic heterocycles. The first kappa shape index (κ1) is 21.7. The van der Waals surface area contributed by atoms with Gasteiger partial charge in [-0.2, -0.15) is 5.10 Å². The molecule has 0 radical (unpaired) electrons. The second-order valence-electron chi connectivity index (χ2n) is 8.67. The topological polar surface area (TPSA) is 116 Å². The Morgan fingerprint density at radius 2 is 1.61 bits per heavy atom. The number of likely N-dealkylation sites (tertiary alicyclic amines) is 1. The second-order valence-corrected chi connectivity index (χ2v) is 8.67. The lowest BCUT2D eigenvalue weighted by atomic mass is 10.1. The molecule has 2 aliphatic rings. The van der Waals surface area contributed by atoms with Gasteiger partial charge in [0.05, 0.1) is 11.4 Å². The number of carbonyl (C=O) groups excluding carboxylic acids is 2. The third-order valence-electron chi connectivity index (χ3n) is 6.47. The molecule has 2 N–H and O–H groups in total. The van der Waals surface area contributed by atoms with Gasteiger partial charge in [0, 0.05) is 35.8 Å². The van der Waals surface area contributed by atoms with E-state index in [1.54, 1.807) is 17.7 Å². The number of rotatable bonds is 5. The Labute approximate surface area is 206 Å². The number of amides is 2. The zero-order valence-electron chi connectivity index (χ0n) is 19.5. The van der Waals surface area contributed by atoms with Crippen molar-refractivity contribution < 1.29 is 14.3 Å². The molecule has 0 atom stereocenters. The summed E-state index contributed by atoms with van der Waals surface area (Å²) in [6.45, 7) is 1.77. The lowest BCUT2D eigenvalue weighted by Crippen LogP contribution is -2.28. The number of hydrogen-bond acceptors (Lipinski definition) is 7. The van der Waals surface area contributed by atoms with E-state index in [1.807, 2.05) is 54.6 Å². The number of nitrogens with two attached hydrogens (primary N) is 1. The number of aromatic nitrogens is 4. The molecular weight excluding hydrogens is 456 g/mol. The second kappa shape index (κ2) is 8.46. The molecule has 178 valence electrons. The summed E-state index contributed by atoms with van der Waals surface area (Å²) in [4.78, 5) is 35.4. The summed E-state index contributed by atoms with van der Waals surface area (Å²) in [5.74, 6) is 1.22. The number of imide groups is 1. The summed E-state index contributed by atoms with van der Waals surface area (Å²) in [6.07, 6.45) is 5.39. The highest BCUT2D eigenvalue weighted by Gasteiger charge is 2.44. The van der Waals surface area contributed by atoms with Gasteiger partial charge < -0.3 is 10.5 Å². The molecule has 0 saturated carbocycles. The molecule has 0 spiro atoms. The van der Waals surface area contributed by atoms with Crippen LogP contribution in [-0.4, -0.2) is 36.5 Å². The number of para-hydroxylation sites is 1. The van der Waals surface area contributed by atoms with Crippen molar-refractivity contribution in [3.8, 4) is 22.8 Å². The van der Waals surface area contributed by atoms with E-state index in [0.29, 0.717) is 52.3 Å². The number of anilines is 1. The molecule has 0 saturated heterocycles. The van der Waals surface area contributed by atoms with E-state index in [9.17, 15) is 9.59 Å². The lowest BCUT2D eigenvalue weighted by molar-refractivity contribution is -0.134. The van der Waals surface area contributed by atoms with E-state index in [-0.39, 0.29) is 17.9 Å². The number of carbonyl (C=O) groups is 2. The molecule has 9 nitrogen and oxygen atoms in total. The van der Waals surface area contributed by atoms with E-state index in [0.717, 1.165) is 11.3 Å². The molecule has 2 amide bonds. The average Bonchev–Trinajstić information content (AvgIpc) is 3.56. The van der Waals surface area contributed by atoms with Crippen LogP contribution in [0, 0.1) is 0 Å². The summed E-state index contributed by atoms with van der Waals surface area (Å²) < 4.78 is 7.68. The Morgan fingerprint density at radius 1 is 0.944 bits per heavy atom. The first-order chi connectivity index (χ1) is 17.5. The van der Waals surface area contributed by atoms with Crippen molar-refractivity contribution in [1.29, 1.82) is 0 Å². The predicted molar refractivity (Wildman–Crippen MR) is 134 cm³/mol. The summed E-state index contributed by atoms with van der Waals surface area (Å²) in [7, 11) is 0. The smallest absolute Gasteiger partial charge is 0.261 e. The molecule has 9 heteroatoms. The van der Waals surface area contributed by atoms with Crippen LogP contribution in [-0.2, 0) is 9.59 Å². The molecular formula is C27H22N6O3. The number of benzene rings is 2. The Hall–Kier alpha value is -4.79. The van der Waals surface area contributed by atoms with E-state index >= 15 is 0 Å². The quantitative estimate of drug-likeness (QED) is 0.423. The van der Waals surface area contributed by atoms with Crippen molar-refractivity contribution in [3.63, 3.8) is 0 Å². The van der Waals surface area contributed by atoms with Crippen molar-refractivity contribution in [2.45, 2.75) is 25.8 Å². The molecule has 3 heterocycles. The molecule has 1 aliphatic carbocycles. The minimum Gasteiger partial charge on any atom is -0.457 e. The Kier molecular flexibility index (Phi) is 5.10. The maximum atomic E-state index is 12.8. The fraction of sp³-hybridized carbons (Fsp3) is 0.148. The van der Waals surface area contributed by atoms with Crippen molar-refractivity contribution in [3.05, 3.63) is 84.3 Å². The average molecular weight is 479 g/mol. The maximum Gasteiger partial charge on any atom is 0.261 e. The van der Waals surface area contributed by atoms with Gasteiger partial charge in [-0.3, -0.25) is 14.5 Å². The van der Waals surface area contributed by atoms with Crippen LogP contribution in [0.5, 0.6) is 11.5 Å². The van der Waals surface area contributed by atoms with Crippen LogP contribution in [0.3, 0.4) is 0 Å². The van der Waals surface area contributed by atoms with Crippen molar-refractivity contribution in [2.75, 3.05) is 5.73 Å². The van der Waals surface area contributed by atoms with Crippen LogP contribution in [0.4, 0.5) is 5.82 Å². The number of ether oxygens (including phenoxy) is 1. The van der Waals surface area contributed by atoms with Gasteiger partial charge in [-0.05, 0) is 43.3 Å². The zero-order chi connectivity index (χ0) is 24.8. The SMILES string of the molecule is CC=CN1C(=O)C2=C(CC(n3nc(-c4ccc(Oc5ccccc5)cc4)c4c(N)ncnc43)C2)C1=O. The van der Waals surface area contributed by atoms with Crippen molar-refractivity contribution in [2.24, 2.45) is 0 Å². The zero-order valence-corrected chi connectivity index (χ0v) is 19.5. The Bertz CT molecular complexity index is 1540. The monoisotopic (exact) mass is 478 g/mol. The number of hydrogen-bond donors (Lipinski definition) is 1. The largest absolute Gasteiger partial charge is 0.457 e. The van der Waals surface area contributed by atoms with Gasteiger partial charge in [0.2, 0.25) is 0 Å². The number of allylic oxidation sites excluding steroid dienone is 1. The Balaban J connectivity index is 1.34. The standard InChI is InChI=1S/C27H22N6O3/c1-2-12-32-26(34)20-13-17(14-21(20)27(32)35)33-25-22(24(28)29-15-30-25)23(31-33)16-8-10-19(11-9-16)36-18-6-4-3-5-7-18/h2-12,15,17H,13-14H2,1H3,(H2,28,29,30). The summed E-state index contributed by atoms with van der Waals surface area (Å²) >= 11 is 0. The third kappa shape index (κ3) is 3.44. The van der Waals surface area contributed by atoms with Crippen LogP contribution in [0.25, 0.3) is 22.3 Å². The van der Waals surface area contributed by atoms with Crippen LogP contribution in [0.2, 0.25) is 0 Å². The van der Waals surface area contributed by atoms with E-state index in [2.05, 4.69) is 9.97 Å². The van der Waals surface area contributed by atoms with E-state index < -0.39 is 0 Å². The minimum atomic E-state index is -0.268. The molecule has 36 heavy (non-hydrogen) atoms. The number of nitrogen functional groups attached to an aromatic ring is 1. The highest BCUT2D eigenvalue weighted by atomic mass is 16.5. The van der Waals surface area contributed by atoms with Crippen LogP contribution < -0.4 is 10.5 Å². The summed E-state index contributed by atoms with van der Waals surface area (Å²) in [5, 5.41) is 5.50. The molecule has 0 fully saturated rings. The molecule has 0 bridgehead atoms. The molecule has 2 aromatic carbocycles. The Morgan fingerprint density at radius 3 is 2.28 bits per heavy atom. The summed E-state index contributed by atoms with van der Waals surface area (Å²) in [5.41, 5.74) is 9.37. The van der Waals surface area contributed by atoms with Gasteiger partial charge in [0.1, 0.15) is 29.3 Å². The summed E-state index contributed by atoms with van der Waals surface area (Å²) in [6, 6.07) is 16.9. The maximum absolute atomic E-state index is 12.8. The molecule has 4 aromatic rings. The van der Waals surface area contributed by atoms with Gasteiger partial charge in [0.15, 0.2) is 5.65 Å². The lowest BCUT2D eigenvalue weighted by Gasteiger charge is -2.16. The number of nitrogens with zero attached hydrogens (tertiary/aromatic N) is 5. The number of fused-ring (bicyclic) bond motifs is 1. The van der Waals surface area contributed by atoms with Gasteiger partial charge in [0.25, 0.3) is 11.8 Å². The fourth-order valence-corrected chi connectivity index (χ4v) is 4.82. The van der Waals surface area contributed by atoms with Gasteiger partial charge in [-0.1, -0.05) is 24.3 Å². The third-order valence-corrected chi connectivity index (χ3v) is 6.47. The predicted octanol–water partition coefficient (Wildman–Crippen LogP) is 4.40. The minimum absolute atomic E-state index is 0.220. The molecule has 2 aromatic heterocycles. The van der Waals surface area contributed by atoms with Gasteiger partial charge in [-0.25, -0.2) is 14.6 Å². The van der Waals surface area contributed by atoms with Crippen LogP contribution in [0.15, 0.2) is 84.3 Å². The van der Waals surface area contributed by atoms with Gasteiger partial charge >= 0.3 is 0 Å². The van der Waals surface area contributed by atoms with Crippen LogP contribution in [0.1, 0.15) is 25.8 Å².